The molecule has 0 fully saturated rings. The minimum absolute atomic E-state index is 0.638. The minimum atomic E-state index is 0.638. The number of nitrogens with one attached hydrogen (secondary N) is 2. The maximum atomic E-state index is 5.32. The van der Waals surface area contributed by atoms with Crippen molar-refractivity contribution in [3.63, 3.8) is 0 Å². The van der Waals surface area contributed by atoms with Crippen LogP contribution in [-0.2, 0) is 17.9 Å². The molecule has 3 heterocycles. The SMILES string of the molecule is CNC.c1nc2nn3c(c2[nH]1)COCC3. The Morgan fingerprint density at radius 1 is 1.53 bits per heavy atom. The number of imidazole rings is 1. The minimum Gasteiger partial charge on any atom is -0.373 e. The maximum absolute atomic E-state index is 5.32. The summed E-state index contributed by atoms with van der Waals surface area (Å²) in [5.41, 5.74) is 2.90. The molecule has 0 spiro atoms. The molecule has 0 aromatic carbocycles. The van der Waals surface area contributed by atoms with Crippen molar-refractivity contribution in [3.05, 3.63) is 12.0 Å². The molecule has 15 heavy (non-hydrogen) atoms. The van der Waals surface area contributed by atoms with E-state index in [4.69, 9.17) is 4.74 Å². The Kier molecular flexibility index (Phi) is 2.98. The molecular formula is C9H15N5O. The summed E-state index contributed by atoms with van der Waals surface area (Å²) in [4.78, 5) is 7.13. The summed E-state index contributed by atoms with van der Waals surface area (Å²) in [6, 6.07) is 0. The molecule has 82 valence electrons. The predicted molar refractivity (Wildman–Crippen MR) is 56.5 cm³/mol. The molecule has 0 aliphatic carbocycles. The first kappa shape index (κ1) is 10.1. The van der Waals surface area contributed by atoms with Gasteiger partial charge in [0.25, 0.3) is 0 Å². The van der Waals surface area contributed by atoms with Gasteiger partial charge in [-0.3, -0.25) is 4.68 Å². The van der Waals surface area contributed by atoms with Gasteiger partial charge in [0.05, 0.1) is 31.8 Å². The zero-order chi connectivity index (χ0) is 10.7. The molecule has 6 heteroatoms. The first-order valence-electron chi connectivity index (χ1n) is 4.91. The van der Waals surface area contributed by atoms with Gasteiger partial charge in [-0.05, 0) is 14.1 Å². The van der Waals surface area contributed by atoms with Gasteiger partial charge in [-0.2, -0.15) is 5.10 Å². The number of fused-ring (bicyclic) bond motifs is 3. The lowest BCUT2D eigenvalue weighted by molar-refractivity contribution is 0.0810. The largest absolute Gasteiger partial charge is 0.373 e. The van der Waals surface area contributed by atoms with Crippen LogP contribution in [0.25, 0.3) is 11.2 Å². The third-order valence-electron chi connectivity index (χ3n) is 2.12. The van der Waals surface area contributed by atoms with Crippen molar-refractivity contribution in [3.8, 4) is 0 Å². The third-order valence-corrected chi connectivity index (χ3v) is 2.12. The second-order valence-corrected chi connectivity index (χ2v) is 3.32. The summed E-state index contributed by atoms with van der Waals surface area (Å²) < 4.78 is 7.28. The van der Waals surface area contributed by atoms with Gasteiger partial charge in [-0.1, -0.05) is 0 Å². The smallest absolute Gasteiger partial charge is 0.199 e. The average molecular weight is 209 g/mol. The van der Waals surface area contributed by atoms with E-state index < -0.39 is 0 Å². The van der Waals surface area contributed by atoms with E-state index in [-0.39, 0.29) is 0 Å². The van der Waals surface area contributed by atoms with Crippen LogP contribution in [0.15, 0.2) is 6.33 Å². The molecule has 2 aromatic rings. The zero-order valence-corrected chi connectivity index (χ0v) is 8.95. The van der Waals surface area contributed by atoms with Gasteiger partial charge in [-0.25, -0.2) is 4.98 Å². The number of hydrogen-bond donors (Lipinski definition) is 2. The molecule has 0 saturated carbocycles. The fourth-order valence-corrected chi connectivity index (χ4v) is 1.53. The van der Waals surface area contributed by atoms with Gasteiger partial charge in [0, 0.05) is 0 Å². The molecule has 6 nitrogen and oxygen atoms in total. The molecule has 0 amide bonds. The molecule has 0 radical (unpaired) electrons. The van der Waals surface area contributed by atoms with Crippen molar-refractivity contribution in [1.82, 2.24) is 25.1 Å². The monoisotopic (exact) mass is 209 g/mol. The van der Waals surface area contributed by atoms with Crippen molar-refractivity contribution >= 4 is 11.2 Å². The van der Waals surface area contributed by atoms with Crippen LogP contribution in [0, 0.1) is 0 Å². The van der Waals surface area contributed by atoms with E-state index in [0.29, 0.717) is 6.61 Å². The Hall–Kier alpha value is -1.40. The summed E-state index contributed by atoms with van der Waals surface area (Å²) in [7, 11) is 3.75. The Labute approximate surface area is 87.6 Å². The molecular weight excluding hydrogens is 194 g/mol. The van der Waals surface area contributed by atoms with E-state index in [1.54, 1.807) is 6.33 Å². The number of H-pyrrole nitrogens is 1. The molecule has 1 aliphatic heterocycles. The Bertz CT molecular complexity index is 433. The summed E-state index contributed by atoms with van der Waals surface area (Å²) in [6.45, 7) is 2.22. The standard InChI is InChI=1S/C7H8N4O.C2H7N/c1-2-12-3-5-6-7(9-4-8-6)10-11(1)5;1-3-2/h4H,1-3H2,(H,8,9,10);3H,1-2H3. The second kappa shape index (κ2) is 4.41. The first-order chi connectivity index (χ1) is 7.36. The summed E-state index contributed by atoms with van der Waals surface area (Å²) >= 11 is 0. The molecule has 2 aromatic heterocycles. The van der Waals surface area contributed by atoms with Crippen LogP contribution in [0.2, 0.25) is 0 Å². The highest BCUT2D eigenvalue weighted by Gasteiger charge is 2.16. The highest BCUT2D eigenvalue weighted by Crippen LogP contribution is 2.17. The van der Waals surface area contributed by atoms with E-state index in [2.05, 4.69) is 20.4 Å². The van der Waals surface area contributed by atoms with Crippen LogP contribution in [0.5, 0.6) is 0 Å². The Morgan fingerprint density at radius 2 is 2.33 bits per heavy atom. The van der Waals surface area contributed by atoms with Gasteiger partial charge in [0.1, 0.15) is 5.52 Å². The number of aromatic nitrogens is 4. The molecule has 0 atom stereocenters. The molecule has 0 unspecified atom stereocenters. The van der Waals surface area contributed by atoms with Crippen LogP contribution in [0.3, 0.4) is 0 Å². The second-order valence-electron chi connectivity index (χ2n) is 3.32. The number of rotatable bonds is 0. The lowest BCUT2D eigenvalue weighted by atomic mass is 10.4. The molecule has 0 bridgehead atoms. The summed E-state index contributed by atoms with van der Waals surface area (Å²) in [5, 5.41) is 7.06. The third kappa shape index (κ3) is 1.86. The molecule has 1 aliphatic rings. The number of nitrogens with zero attached hydrogens (tertiary/aromatic N) is 3. The zero-order valence-electron chi connectivity index (χ0n) is 8.95. The van der Waals surface area contributed by atoms with Gasteiger partial charge in [0.15, 0.2) is 5.65 Å². The van der Waals surface area contributed by atoms with E-state index in [9.17, 15) is 0 Å². The Balaban J connectivity index is 0.000000258. The van der Waals surface area contributed by atoms with Crippen LogP contribution >= 0.6 is 0 Å². The lowest BCUT2D eigenvalue weighted by Gasteiger charge is -2.13. The quantitative estimate of drug-likeness (QED) is 0.647. The van der Waals surface area contributed by atoms with E-state index in [0.717, 1.165) is 30.0 Å². The predicted octanol–water partition coefficient (Wildman–Crippen LogP) is 0.125. The van der Waals surface area contributed by atoms with E-state index in [1.807, 2.05) is 18.8 Å². The highest BCUT2D eigenvalue weighted by atomic mass is 16.5. The van der Waals surface area contributed by atoms with Crippen molar-refractivity contribution in [2.45, 2.75) is 13.2 Å². The number of aromatic amines is 1. The van der Waals surface area contributed by atoms with E-state index in [1.165, 1.54) is 0 Å². The van der Waals surface area contributed by atoms with Gasteiger partial charge in [-0.15, -0.1) is 0 Å². The van der Waals surface area contributed by atoms with Crippen molar-refractivity contribution in [2.24, 2.45) is 0 Å². The fraction of sp³-hybridized carbons (Fsp3) is 0.556. The van der Waals surface area contributed by atoms with Crippen LogP contribution in [0.1, 0.15) is 5.69 Å². The molecule has 2 N–H and O–H groups in total. The summed E-state index contributed by atoms with van der Waals surface area (Å²) in [5.74, 6) is 0. The van der Waals surface area contributed by atoms with E-state index >= 15 is 0 Å². The van der Waals surface area contributed by atoms with Crippen molar-refractivity contribution < 1.29 is 4.74 Å². The van der Waals surface area contributed by atoms with Crippen LogP contribution < -0.4 is 5.32 Å². The van der Waals surface area contributed by atoms with Gasteiger partial charge in [0.2, 0.25) is 0 Å². The number of hydrogen-bond acceptors (Lipinski definition) is 4. The van der Waals surface area contributed by atoms with Crippen molar-refractivity contribution in [1.29, 1.82) is 0 Å². The van der Waals surface area contributed by atoms with Crippen LogP contribution in [-0.4, -0.2) is 40.5 Å². The van der Waals surface area contributed by atoms with Crippen molar-refractivity contribution in [2.75, 3.05) is 20.7 Å². The highest BCUT2D eigenvalue weighted by molar-refractivity contribution is 5.73. The van der Waals surface area contributed by atoms with Gasteiger partial charge < -0.3 is 15.0 Å². The molecule has 3 rings (SSSR count). The molecule has 0 saturated heterocycles. The fourth-order valence-electron chi connectivity index (χ4n) is 1.53. The van der Waals surface area contributed by atoms with Crippen LogP contribution in [0.4, 0.5) is 0 Å². The first-order valence-corrected chi connectivity index (χ1v) is 4.91. The maximum Gasteiger partial charge on any atom is 0.199 e. The normalized spacial score (nSPS) is 14.5. The van der Waals surface area contributed by atoms with Gasteiger partial charge >= 0.3 is 0 Å². The topological polar surface area (TPSA) is 67.8 Å². The lowest BCUT2D eigenvalue weighted by Crippen LogP contribution is -2.17. The number of ether oxygens (including phenoxy) is 1. The average Bonchev–Trinajstić information content (AvgIpc) is 2.78. The summed E-state index contributed by atoms with van der Waals surface area (Å²) in [6.07, 6.45) is 1.66. The Morgan fingerprint density at radius 3 is 3.13 bits per heavy atom.